The van der Waals surface area contributed by atoms with Gasteiger partial charge in [-0.05, 0) is 47.9 Å². The predicted octanol–water partition coefficient (Wildman–Crippen LogP) is 5.96. The maximum atomic E-state index is 13.5. The lowest BCUT2D eigenvalue weighted by Gasteiger charge is -2.22. The van der Waals surface area contributed by atoms with E-state index in [0.29, 0.717) is 24.3 Å². The van der Waals surface area contributed by atoms with E-state index in [-0.39, 0.29) is 21.5 Å². The van der Waals surface area contributed by atoms with Crippen LogP contribution in [0.2, 0.25) is 10.0 Å². The van der Waals surface area contributed by atoms with E-state index in [9.17, 15) is 13.2 Å². The number of sulfonamides is 1. The lowest BCUT2D eigenvalue weighted by atomic mass is 10.1. The fraction of sp³-hybridized carbons (Fsp3) is 0.133. The lowest BCUT2D eigenvalue weighted by molar-refractivity contribution is -0.121. The topological polar surface area (TPSA) is 88.1 Å². The van der Waals surface area contributed by atoms with Crippen molar-refractivity contribution in [2.75, 3.05) is 13.1 Å². The zero-order valence-corrected chi connectivity index (χ0v) is 23.7. The van der Waals surface area contributed by atoms with Crippen LogP contribution in [-0.2, 0) is 27.8 Å². The number of benzene rings is 4. The quantitative estimate of drug-likeness (QED) is 0.162. The highest BCUT2D eigenvalue weighted by molar-refractivity contribution is 7.89. The van der Waals surface area contributed by atoms with Crippen LogP contribution in [-0.4, -0.2) is 37.9 Å². The molecule has 0 saturated heterocycles. The van der Waals surface area contributed by atoms with E-state index in [0.717, 1.165) is 15.4 Å². The van der Waals surface area contributed by atoms with E-state index in [1.165, 1.54) is 24.4 Å². The second-order valence-corrected chi connectivity index (χ2v) is 11.5. The molecule has 206 valence electrons. The lowest BCUT2D eigenvalue weighted by Crippen LogP contribution is -2.40. The number of para-hydroxylation sites is 1. The number of nitrogens with one attached hydrogen (secondary N) is 1. The van der Waals surface area contributed by atoms with Crippen molar-refractivity contribution in [1.82, 2.24) is 9.73 Å². The van der Waals surface area contributed by atoms with E-state index in [2.05, 4.69) is 10.5 Å². The molecule has 1 N–H and O–H groups in total. The second-order valence-electron chi connectivity index (χ2n) is 8.75. The number of carbonyl (C=O) groups is 1. The van der Waals surface area contributed by atoms with E-state index >= 15 is 0 Å². The Balaban J connectivity index is 1.46. The van der Waals surface area contributed by atoms with Gasteiger partial charge in [0.2, 0.25) is 10.0 Å². The molecular weight excluding hydrogens is 569 g/mol. The smallest absolute Gasteiger partial charge is 0.255 e. The summed E-state index contributed by atoms with van der Waals surface area (Å²) < 4.78 is 34.1. The van der Waals surface area contributed by atoms with Crippen LogP contribution < -0.4 is 10.2 Å². The second kappa shape index (κ2) is 14.1. The van der Waals surface area contributed by atoms with Crippen molar-refractivity contribution in [3.05, 3.63) is 130 Å². The third-order valence-electron chi connectivity index (χ3n) is 5.87. The average molecular weight is 597 g/mol. The molecule has 4 rings (SSSR count). The molecule has 0 aliphatic rings. The molecule has 0 aromatic heterocycles. The Kier molecular flexibility index (Phi) is 10.3. The Morgan fingerprint density at radius 1 is 0.875 bits per heavy atom. The normalized spacial score (nSPS) is 11.6. The number of halogens is 2. The van der Waals surface area contributed by atoms with Crippen LogP contribution in [0.4, 0.5) is 0 Å². The van der Waals surface area contributed by atoms with Crippen LogP contribution in [0, 0.1) is 0 Å². The molecule has 0 heterocycles. The van der Waals surface area contributed by atoms with E-state index in [4.69, 9.17) is 27.9 Å². The summed E-state index contributed by atoms with van der Waals surface area (Å²) in [6, 6.07) is 30.6. The summed E-state index contributed by atoms with van der Waals surface area (Å²) in [6.07, 6.45) is 1.84. The zero-order chi connectivity index (χ0) is 28.4. The SMILES string of the molecule is O=C(CN(CCc1ccccc1)S(=O)(=O)c1cc(Cl)ccc1Cl)N/N=C\c1ccccc1OCc1ccccc1. The highest BCUT2D eigenvalue weighted by atomic mass is 35.5. The van der Waals surface area contributed by atoms with Gasteiger partial charge < -0.3 is 4.74 Å². The summed E-state index contributed by atoms with van der Waals surface area (Å²) >= 11 is 12.3. The van der Waals surface area contributed by atoms with Gasteiger partial charge in [-0.15, -0.1) is 0 Å². The monoisotopic (exact) mass is 595 g/mol. The van der Waals surface area contributed by atoms with Crippen molar-refractivity contribution in [1.29, 1.82) is 0 Å². The first kappa shape index (κ1) is 29.3. The summed E-state index contributed by atoms with van der Waals surface area (Å²) in [5.41, 5.74) is 5.01. The minimum absolute atomic E-state index is 0.0136. The summed E-state index contributed by atoms with van der Waals surface area (Å²) in [6.45, 7) is -0.0532. The predicted molar refractivity (Wildman–Crippen MR) is 158 cm³/mol. The standard InChI is InChI=1S/C30H27Cl2N3O4S/c31-26-15-16-27(32)29(19-26)40(37,38)35(18-17-23-9-3-1-4-10-23)21-30(36)34-33-20-25-13-7-8-14-28(25)39-22-24-11-5-2-6-12-24/h1-16,19-20H,17-18,21-22H2,(H,34,36)/b33-20-. The average Bonchev–Trinajstić information content (AvgIpc) is 2.97. The Labute approximate surface area is 244 Å². The Bertz CT molecular complexity index is 1570. The number of hydrogen-bond acceptors (Lipinski definition) is 5. The highest BCUT2D eigenvalue weighted by Gasteiger charge is 2.29. The van der Waals surface area contributed by atoms with Gasteiger partial charge in [0.25, 0.3) is 5.91 Å². The highest BCUT2D eigenvalue weighted by Crippen LogP contribution is 2.28. The third-order valence-corrected chi connectivity index (χ3v) is 8.43. The third kappa shape index (κ3) is 8.16. The molecule has 7 nitrogen and oxygen atoms in total. The summed E-state index contributed by atoms with van der Waals surface area (Å²) in [4.78, 5) is 12.7. The van der Waals surface area contributed by atoms with Crippen LogP contribution in [0.15, 0.2) is 113 Å². The molecule has 4 aromatic carbocycles. The van der Waals surface area contributed by atoms with Gasteiger partial charge in [-0.1, -0.05) is 96.0 Å². The van der Waals surface area contributed by atoms with E-state index < -0.39 is 22.5 Å². The van der Waals surface area contributed by atoms with E-state index in [1.54, 1.807) is 12.1 Å². The largest absolute Gasteiger partial charge is 0.488 e. The molecule has 0 atom stereocenters. The molecule has 4 aromatic rings. The molecule has 0 aliphatic carbocycles. The minimum atomic E-state index is -4.15. The molecule has 0 fully saturated rings. The van der Waals surface area contributed by atoms with Crippen molar-refractivity contribution in [2.45, 2.75) is 17.9 Å². The number of nitrogens with zero attached hydrogens (tertiary/aromatic N) is 2. The van der Waals surface area contributed by atoms with Gasteiger partial charge in [0.15, 0.2) is 0 Å². The maximum Gasteiger partial charge on any atom is 0.255 e. The Morgan fingerprint density at radius 2 is 1.52 bits per heavy atom. The number of hydrazone groups is 1. The van der Waals surface area contributed by atoms with Gasteiger partial charge in [0.05, 0.1) is 17.8 Å². The first-order chi connectivity index (χ1) is 19.3. The van der Waals surface area contributed by atoms with Gasteiger partial charge in [-0.25, -0.2) is 13.8 Å². The number of hydrogen-bond donors (Lipinski definition) is 1. The minimum Gasteiger partial charge on any atom is -0.488 e. The summed E-state index contributed by atoms with van der Waals surface area (Å²) in [5, 5.41) is 4.27. The molecule has 1 amide bonds. The first-order valence-electron chi connectivity index (χ1n) is 12.4. The van der Waals surface area contributed by atoms with Crippen molar-refractivity contribution in [3.63, 3.8) is 0 Å². The Morgan fingerprint density at radius 3 is 2.25 bits per heavy atom. The number of ether oxygens (including phenoxy) is 1. The van der Waals surface area contributed by atoms with Crippen LogP contribution in [0.1, 0.15) is 16.7 Å². The maximum absolute atomic E-state index is 13.5. The molecule has 0 aliphatic heterocycles. The molecule has 0 bridgehead atoms. The molecule has 0 saturated carbocycles. The number of carbonyl (C=O) groups excluding carboxylic acids is 1. The van der Waals surface area contributed by atoms with Crippen molar-refractivity contribution >= 4 is 45.3 Å². The molecule has 0 radical (unpaired) electrons. The van der Waals surface area contributed by atoms with Crippen molar-refractivity contribution in [3.8, 4) is 5.75 Å². The van der Waals surface area contributed by atoms with Gasteiger partial charge in [-0.2, -0.15) is 9.41 Å². The van der Waals surface area contributed by atoms with Gasteiger partial charge in [-0.3, -0.25) is 4.79 Å². The van der Waals surface area contributed by atoms with Crippen LogP contribution in [0.3, 0.4) is 0 Å². The fourth-order valence-corrected chi connectivity index (χ4v) is 5.95. The molecule has 0 unspecified atom stereocenters. The van der Waals surface area contributed by atoms with Crippen molar-refractivity contribution < 1.29 is 17.9 Å². The molecule has 10 heteroatoms. The van der Waals surface area contributed by atoms with E-state index in [1.807, 2.05) is 72.8 Å². The fourth-order valence-electron chi connectivity index (χ4n) is 3.82. The van der Waals surface area contributed by atoms with Gasteiger partial charge in [0, 0.05) is 17.1 Å². The van der Waals surface area contributed by atoms with Crippen LogP contribution in [0.5, 0.6) is 5.75 Å². The summed E-state index contributed by atoms with van der Waals surface area (Å²) in [5.74, 6) is -0.0271. The van der Waals surface area contributed by atoms with Gasteiger partial charge >= 0.3 is 0 Å². The van der Waals surface area contributed by atoms with Crippen molar-refractivity contribution in [2.24, 2.45) is 5.10 Å². The molecule has 40 heavy (non-hydrogen) atoms. The van der Waals surface area contributed by atoms with Crippen LogP contribution >= 0.6 is 23.2 Å². The molecule has 0 spiro atoms. The molecular formula is C30H27Cl2N3O4S. The Hall–Kier alpha value is -3.69. The zero-order valence-electron chi connectivity index (χ0n) is 21.4. The van der Waals surface area contributed by atoms with Gasteiger partial charge in [0.1, 0.15) is 17.3 Å². The number of rotatable bonds is 12. The van der Waals surface area contributed by atoms with Crippen LogP contribution in [0.25, 0.3) is 0 Å². The first-order valence-corrected chi connectivity index (χ1v) is 14.6. The number of amides is 1. The summed E-state index contributed by atoms with van der Waals surface area (Å²) in [7, 11) is -4.15.